The molecule has 39 heavy (non-hydrogen) atoms. The molecule has 2 amide bonds. The van der Waals surface area contributed by atoms with Crippen molar-refractivity contribution >= 4 is 40.6 Å². The highest BCUT2D eigenvalue weighted by atomic mass is 32.2. The van der Waals surface area contributed by atoms with Crippen LogP contribution in [0.4, 0.5) is 0 Å². The van der Waals surface area contributed by atoms with Crippen LogP contribution in [0, 0.1) is 6.92 Å². The molecule has 1 N–H and O–H groups in total. The number of thiophene rings is 1. The van der Waals surface area contributed by atoms with Crippen LogP contribution >= 0.6 is 23.1 Å². The zero-order valence-corrected chi connectivity index (χ0v) is 23.5. The van der Waals surface area contributed by atoms with E-state index in [1.54, 1.807) is 52.3 Å². The summed E-state index contributed by atoms with van der Waals surface area (Å²) in [5.41, 5.74) is 3.67. The van der Waals surface area contributed by atoms with Crippen LogP contribution in [0.25, 0.3) is 0 Å². The first-order chi connectivity index (χ1) is 18.9. The Morgan fingerprint density at radius 1 is 1.10 bits per heavy atom. The normalized spacial score (nSPS) is 14.8. The van der Waals surface area contributed by atoms with Gasteiger partial charge in [-0.3, -0.25) is 9.59 Å². The second-order valence-electron chi connectivity index (χ2n) is 9.05. The molecular weight excluding hydrogens is 532 g/mol. The SMILES string of the molecule is COc1ccc(C(=O)NCc2nnc(SCC(=O)N3N=C(c4cccs4)C[C@H]3c3ccc(C)cc3)n2C)cc1. The fourth-order valence-corrected chi connectivity index (χ4v) is 5.70. The number of benzene rings is 2. The van der Waals surface area contributed by atoms with Crippen LogP contribution in [-0.2, 0) is 18.4 Å². The topological polar surface area (TPSA) is 102 Å². The molecule has 200 valence electrons. The zero-order chi connectivity index (χ0) is 27.4. The number of carbonyl (C=O) groups excluding carboxylic acids is 2. The number of nitrogens with one attached hydrogen (secondary N) is 1. The molecule has 2 aromatic heterocycles. The maximum atomic E-state index is 13.4. The van der Waals surface area contributed by atoms with Crippen molar-refractivity contribution in [1.82, 2.24) is 25.1 Å². The average molecular weight is 561 g/mol. The van der Waals surface area contributed by atoms with E-state index < -0.39 is 0 Å². The summed E-state index contributed by atoms with van der Waals surface area (Å²) >= 11 is 2.92. The molecule has 11 heteroatoms. The van der Waals surface area contributed by atoms with E-state index in [0.717, 1.165) is 16.2 Å². The van der Waals surface area contributed by atoms with Crippen molar-refractivity contribution in [2.24, 2.45) is 12.1 Å². The highest BCUT2D eigenvalue weighted by Gasteiger charge is 2.33. The number of hydrazone groups is 1. The molecule has 0 fully saturated rings. The van der Waals surface area contributed by atoms with Crippen molar-refractivity contribution in [1.29, 1.82) is 0 Å². The number of hydrogen-bond acceptors (Lipinski definition) is 8. The van der Waals surface area contributed by atoms with Crippen LogP contribution in [0.15, 0.2) is 76.3 Å². The minimum absolute atomic E-state index is 0.102. The lowest BCUT2D eigenvalue weighted by atomic mass is 10.00. The highest BCUT2D eigenvalue weighted by Crippen LogP contribution is 2.34. The lowest BCUT2D eigenvalue weighted by Crippen LogP contribution is -2.28. The second kappa shape index (κ2) is 11.8. The third-order valence-corrected chi connectivity index (χ3v) is 8.37. The summed E-state index contributed by atoms with van der Waals surface area (Å²) in [6.45, 7) is 2.25. The van der Waals surface area contributed by atoms with E-state index in [1.165, 1.54) is 17.3 Å². The Kier molecular flexibility index (Phi) is 8.08. The first kappa shape index (κ1) is 26.6. The Bertz CT molecular complexity index is 1480. The molecule has 0 unspecified atom stereocenters. The van der Waals surface area contributed by atoms with E-state index in [4.69, 9.17) is 9.84 Å². The molecule has 0 saturated carbocycles. The minimum Gasteiger partial charge on any atom is -0.497 e. The van der Waals surface area contributed by atoms with Crippen molar-refractivity contribution in [3.8, 4) is 5.75 Å². The number of ether oxygens (including phenoxy) is 1. The van der Waals surface area contributed by atoms with Gasteiger partial charge in [0.05, 0.1) is 36.0 Å². The Hall–Kier alpha value is -3.96. The Balaban J connectivity index is 1.23. The molecule has 4 aromatic rings. The average Bonchev–Trinajstić information content (AvgIpc) is 3.71. The fourth-order valence-electron chi connectivity index (χ4n) is 4.20. The number of thioether (sulfide) groups is 1. The molecule has 0 spiro atoms. The number of carbonyl (C=O) groups is 2. The maximum absolute atomic E-state index is 13.4. The standard InChI is InChI=1S/C28H28N6O3S2/c1-18-6-8-19(9-7-18)23-15-22(24-5-4-14-38-24)32-34(23)26(35)17-39-28-31-30-25(33(28)2)16-29-27(36)20-10-12-21(37-3)13-11-20/h4-14,23H,15-17H2,1-3H3,(H,29,36)/t23-/m0/s1. The largest absolute Gasteiger partial charge is 0.497 e. The quantitative estimate of drug-likeness (QED) is 0.301. The van der Waals surface area contributed by atoms with Crippen LogP contribution < -0.4 is 10.1 Å². The van der Waals surface area contributed by atoms with Gasteiger partial charge in [0, 0.05) is 19.0 Å². The summed E-state index contributed by atoms with van der Waals surface area (Å²) in [5.74, 6) is 1.11. The number of aromatic nitrogens is 3. The molecule has 1 atom stereocenters. The van der Waals surface area contributed by atoms with Gasteiger partial charge in [0.2, 0.25) is 0 Å². The number of rotatable bonds is 9. The third kappa shape index (κ3) is 6.04. The van der Waals surface area contributed by atoms with Gasteiger partial charge in [0.25, 0.3) is 11.8 Å². The molecule has 0 bridgehead atoms. The predicted octanol–water partition coefficient (Wildman–Crippen LogP) is 4.59. The lowest BCUT2D eigenvalue weighted by molar-refractivity contribution is -0.130. The van der Waals surface area contributed by atoms with Gasteiger partial charge >= 0.3 is 0 Å². The molecule has 3 heterocycles. The summed E-state index contributed by atoms with van der Waals surface area (Å²) in [4.78, 5) is 27.0. The maximum Gasteiger partial charge on any atom is 0.253 e. The summed E-state index contributed by atoms with van der Waals surface area (Å²) < 4.78 is 6.92. The molecular formula is C28H28N6O3S2. The summed E-state index contributed by atoms with van der Waals surface area (Å²) in [6.07, 6.45) is 0.669. The number of amides is 2. The zero-order valence-electron chi connectivity index (χ0n) is 21.8. The van der Waals surface area contributed by atoms with Gasteiger partial charge in [-0.2, -0.15) is 5.10 Å². The first-order valence-electron chi connectivity index (χ1n) is 12.4. The number of hydrogen-bond donors (Lipinski definition) is 1. The van der Waals surface area contributed by atoms with E-state index in [-0.39, 0.29) is 30.2 Å². The van der Waals surface area contributed by atoms with Crippen molar-refractivity contribution < 1.29 is 14.3 Å². The Morgan fingerprint density at radius 3 is 2.56 bits per heavy atom. The monoisotopic (exact) mass is 560 g/mol. The second-order valence-corrected chi connectivity index (χ2v) is 10.9. The number of aryl methyl sites for hydroxylation is 1. The molecule has 0 saturated heterocycles. The lowest BCUT2D eigenvalue weighted by Gasteiger charge is -2.22. The van der Waals surface area contributed by atoms with Gasteiger partial charge in [-0.1, -0.05) is 47.7 Å². The van der Waals surface area contributed by atoms with E-state index in [2.05, 4.69) is 39.8 Å². The van der Waals surface area contributed by atoms with E-state index >= 15 is 0 Å². The van der Waals surface area contributed by atoms with E-state index in [0.29, 0.717) is 28.7 Å². The molecule has 1 aliphatic heterocycles. The summed E-state index contributed by atoms with van der Waals surface area (Å²) in [7, 11) is 3.40. The van der Waals surface area contributed by atoms with Crippen molar-refractivity contribution in [2.45, 2.75) is 31.1 Å². The van der Waals surface area contributed by atoms with Crippen LogP contribution in [0.5, 0.6) is 5.75 Å². The number of nitrogens with zero attached hydrogens (tertiary/aromatic N) is 5. The minimum atomic E-state index is -0.222. The van der Waals surface area contributed by atoms with Gasteiger partial charge in [-0.05, 0) is 48.2 Å². The van der Waals surface area contributed by atoms with Crippen molar-refractivity contribution in [3.05, 3.63) is 93.4 Å². The molecule has 0 radical (unpaired) electrons. The molecule has 2 aromatic carbocycles. The first-order valence-corrected chi connectivity index (χ1v) is 14.2. The van der Waals surface area contributed by atoms with Crippen LogP contribution in [0.2, 0.25) is 0 Å². The summed E-state index contributed by atoms with van der Waals surface area (Å²) in [6, 6.07) is 19.0. The summed E-state index contributed by atoms with van der Waals surface area (Å²) in [5, 5.41) is 20.3. The van der Waals surface area contributed by atoms with Crippen LogP contribution in [-0.4, -0.2) is 50.2 Å². The van der Waals surface area contributed by atoms with Gasteiger partial charge in [0.1, 0.15) is 5.75 Å². The Morgan fingerprint density at radius 2 is 1.87 bits per heavy atom. The van der Waals surface area contributed by atoms with E-state index in [1.807, 2.05) is 31.5 Å². The van der Waals surface area contributed by atoms with Gasteiger partial charge in [-0.15, -0.1) is 21.5 Å². The Labute approximate surface area is 234 Å². The van der Waals surface area contributed by atoms with Gasteiger partial charge < -0.3 is 14.6 Å². The van der Waals surface area contributed by atoms with E-state index in [9.17, 15) is 9.59 Å². The fraction of sp³-hybridized carbons (Fsp3) is 0.250. The van der Waals surface area contributed by atoms with Crippen LogP contribution in [0.1, 0.15) is 44.6 Å². The smallest absolute Gasteiger partial charge is 0.253 e. The molecule has 1 aliphatic rings. The molecule has 5 rings (SSSR count). The predicted molar refractivity (Wildman–Crippen MR) is 152 cm³/mol. The van der Waals surface area contributed by atoms with Gasteiger partial charge in [0.15, 0.2) is 11.0 Å². The van der Waals surface area contributed by atoms with Crippen molar-refractivity contribution in [3.63, 3.8) is 0 Å². The molecule has 9 nitrogen and oxygen atoms in total. The highest BCUT2D eigenvalue weighted by molar-refractivity contribution is 7.99. The number of methoxy groups -OCH3 is 1. The van der Waals surface area contributed by atoms with Crippen molar-refractivity contribution in [2.75, 3.05) is 12.9 Å². The molecule has 0 aliphatic carbocycles. The third-order valence-electron chi connectivity index (χ3n) is 6.44. The van der Waals surface area contributed by atoms with Gasteiger partial charge in [-0.25, -0.2) is 5.01 Å². The van der Waals surface area contributed by atoms with Crippen LogP contribution in [0.3, 0.4) is 0 Å².